The normalized spacial score (nSPS) is 11.3. The van der Waals surface area contributed by atoms with Gasteiger partial charge in [-0.25, -0.2) is 0 Å². The summed E-state index contributed by atoms with van der Waals surface area (Å²) >= 11 is 0. The number of benzene rings is 4. The van der Waals surface area contributed by atoms with Gasteiger partial charge in [0, 0.05) is 34.0 Å². The van der Waals surface area contributed by atoms with E-state index in [2.05, 4.69) is 59.6 Å². The number of hydrogen-bond donors (Lipinski definition) is 0. The number of fused-ring (bicyclic) bond motifs is 1. The van der Waals surface area contributed by atoms with Crippen molar-refractivity contribution in [3.8, 4) is 11.5 Å². The summed E-state index contributed by atoms with van der Waals surface area (Å²) in [5.74, 6) is 1.71. The van der Waals surface area contributed by atoms with E-state index in [1.54, 1.807) is 20.4 Å². The minimum Gasteiger partial charge on any atom is -0.496 e. The van der Waals surface area contributed by atoms with Gasteiger partial charge in [0.1, 0.15) is 11.5 Å². The molecule has 0 radical (unpaired) electrons. The maximum Gasteiger partial charge on any atom is 0.127 e. The maximum absolute atomic E-state index is 5.79. The third-order valence-corrected chi connectivity index (χ3v) is 8.38. The molecule has 0 spiro atoms. The fourth-order valence-corrected chi connectivity index (χ4v) is 6.80. The van der Waals surface area contributed by atoms with E-state index >= 15 is 0 Å². The molecule has 0 saturated carbocycles. The molecule has 0 amide bonds. The highest BCUT2D eigenvalue weighted by molar-refractivity contribution is 7.80. The predicted molar refractivity (Wildman–Crippen MR) is 147 cm³/mol. The molecule has 0 aliphatic rings. The van der Waals surface area contributed by atoms with Crippen LogP contribution in [-0.4, -0.2) is 25.4 Å². The first-order valence-electron chi connectivity index (χ1n) is 11.3. The van der Waals surface area contributed by atoms with Gasteiger partial charge in [0.25, 0.3) is 0 Å². The molecule has 5 aromatic rings. The molecule has 0 bridgehead atoms. The van der Waals surface area contributed by atoms with Crippen molar-refractivity contribution in [3.05, 3.63) is 115 Å². The zero-order chi connectivity index (χ0) is 24.0. The number of aromatic nitrogens is 1. The summed E-state index contributed by atoms with van der Waals surface area (Å²) < 4.78 is 11.6. The number of rotatable bonds is 7. The van der Waals surface area contributed by atoms with Crippen LogP contribution in [0.4, 0.5) is 5.69 Å². The van der Waals surface area contributed by atoms with Crippen molar-refractivity contribution >= 4 is 46.6 Å². The van der Waals surface area contributed by atoms with Gasteiger partial charge >= 0.3 is 0 Å². The number of methoxy groups -OCH3 is 2. The first kappa shape index (κ1) is 22.8. The molecule has 0 aliphatic carbocycles. The highest BCUT2D eigenvalue weighted by Crippen LogP contribution is 2.40. The second-order valence-corrected chi connectivity index (χ2v) is 9.96. The summed E-state index contributed by atoms with van der Waals surface area (Å²) in [4.78, 5) is 9.43. The Morgan fingerprint density at radius 3 is 1.94 bits per heavy atom. The lowest BCUT2D eigenvalue weighted by Crippen LogP contribution is -2.25. The Hall–Kier alpha value is -4.01. The summed E-state index contributed by atoms with van der Waals surface area (Å²) in [6.45, 7) is 0. The van der Waals surface area contributed by atoms with Gasteiger partial charge in [0.05, 0.1) is 25.4 Å². The van der Waals surface area contributed by atoms with Crippen LogP contribution in [0.15, 0.2) is 114 Å². The summed E-state index contributed by atoms with van der Waals surface area (Å²) in [6.07, 6.45) is 3.75. The van der Waals surface area contributed by atoms with Crippen LogP contribution in [0.3, 0.4) is 0 Å². The molecule has 5 rings (SSSR count). The van der Waals surface area contributed by atoms with E-state index in [4.69, 9.17) is 14.5 Å². The smallest absolute Gasteiger partial charge is 0.127 e. The van der Waals surface area contributed by atoms with Crippen LogP contribution >= 0.6 is 7.92 Å². The molecule has 0 aliphatic heterocycles. The van der Waals surface area contributed by atoms with E-state index in [-0.39, 0.29) is 0 Å². The monoisotopic (exact) mass is 476 g/mol. The molecule has 4 aromatic carbocycles. The van der Waals surface area contributed by atoms with Crippen molar-refractivity contribution < 1.29 is 9.47 Å². The SMILES string of the molecule is COc1ccccc1P(c1ccccc1C=Nc1cccc2cccnc12)c1ccccc1OC. The number of aliphatic imine (C=N–C) groups is 1. The molecular formula is C30H25N2O2P. The van der Waals surface area contributed by atoms with E-state index in [1.807, 2.05) is 54.7 Å². The van der Waals surface area contributed by atoms with Gasteiger partial charge in [0.2, 0.25) is 0 Å². The van der Waals surface area contributed by atoms with Crippen molar-refractivity contribution in [1.29, 1.82) is 0 Å². The fraction of sp³-hybridized carbons (Fsp3) is 0.0667. The summed E-state index contributed by atoms with van der Waals surface area (Å²) in [5.41, 5.74) is 2.78. The Bertz CT molecular complexity index is 1450. The average Bonchev–Trinajstić information content (AvgIpc) is 2.93. The molecular weight excluding hydrogens is 451 g/mol. The zero-order valence-electron chi connectivity index (χ0n) is 19.6. The standard InChI is InChI=1S/C30H25N2O2P/c1-33-25-15-4-7-18-28(25)35(29-19-8-5-16-26(29)34-2)27-17-6-3-11-23(27)21-32-24-14-9-12-22-13-10-20-31-30(22)24/h3-21H,1-2H3. The molecule has 0 N–H and O–H groups in total. The van der Waals surface area contributed by atoms with Crippen LogP contribution in [0.1, 0.15) is 5.56 Å². The van der Waals surface area contributed by atoms with Crippen molar-refractivity contribution in [3.63, 3.8) is 0 Å². The van der Waals surface area contributed by atoms with E-state index in [1.165, 1.54) is 5.30 Å². The van der Waals surface area contributed by atoms with Crippen LogP contribution in [0.5, 0.6) is 11.5 Å². The number of para-hydroxylation sites is 3. The minimum absolute atomic E-state index is 0.844. The van der Waals surface area contributed by atoms with Gasteiger partial charge in [-0.15, -0.1) is 0 Å². The van der Waals surface area contributed by atoms with E-state index < -0.39 is 7.92 Å². The molecule has 35 heavy (non-hydrogen) atoms. The molecule has 1 aromatic heterocycles. The molecule has 0 atom stereocenters. The topological polar surface area (TPSA) is 43.7 Å². The van der Waals surface area contributed by atoms with Crippen LogP contribution in [0.2, 0.25) is 0 Å². The Balaban J connectivity index is 1.68. The van der Waals surface area contributed by atoms with Crippen molar-refractivity contribution in [2.45, 2.75) is 0 Å². The first-order valence-corrected chi connectivity index (χ1v) is 12.7. The summed E-state index contributed by atoms with van der Waals surface area (Å²) in [5, 5.41) is 4.50. The van der Waals surface area contributed by atoms with Crippen LogP contribution in [-0.2, 0) is 0 Å². The largest absolute Gasteiger partial charge is 0.496 e. The molecule has 1 heterocycles. The lowest BCUT2D eigenvalue weighted by molar-refractivity contribution is 0.417. The molecule has 0 fully saturated rings. The molecule has 0 saturated heterocycles. The second kappa shape index (κ2) is 10.5. The van der Waals surface area contributed by atoms with Crippen LogP contribution in [0.25, 0.3) is 10.9 Å². The minimum atomic E-state index is -0.992. The number of nitrogens with zero attached hydrogens (tertiary/aromatic N) is 2. The van der Waals surface area contributed by atoms with Crippen LogP contribution in [0, 0.1) is 0 Å². The number of pyridine rings is 1. The first-order chi connectivity index (χ1) is 17.3. The van der Waals surface area contributed by atoms with Crippen molar-refractivity contribution in [2.24, 2.45) is 4.99 Å². The third-order valence-electron chi connectivity index (χ3n) is 5.78. The molecule has 5 heteroatoms. The Morgan fingerprint density at radius 1 is 0.657 bits per heavy atom. The van der Waals surface area contributed by atoms with E-state index in [0.29, 0.717) is 0 Å². The van der Waals surface area contributed by atoms with Gasteiger partial charge in [0.15, 0.2) is 0 Å². The highest BCUT2D eigenvalue weighted by atomic mass is 31.1. The van der Waals surface area contributed by atoms with Gasteiger partial charge < -0.3 is 9.47 Å². The van der Waals surface area contributed by atoms with E-state index in [0.717, 1.165) is 44.3 Å². The average molecular weight is 477 g/mol. The van der Waals surface area contributed by atoms with E-state index in [9.17, 15) is 0 Å². The lowest BCUT2D eigenvalue weighted by Gasteiger charge is -2.24. The second-order valence-electron chi connectivity index (χ2n) is 7.85. The molecule has 172 valence electrons. The Morgan fingerprint density at radius 2 is 1.26 bits per heavy atom. The predicted octanol–water partition coefficient (Wildman–Crippen LogP) is 5.76. The van der Waals surface area contributed by atoms with Crippen molar-refractivity contribution in [2.75, 3.05) is 14.2 Å². The molecule has 4 nitrogen and oxygen atoms in total. The van der Waals surface area contributed by atoms with Gasteiger partial charge in [-0.1, -0.05) is 78.9 Å². The zero-order valence-corrected chi connectivity index (χ0v) is 20.5. The van der Waals surface area contributed by atoms with Gasteiger partial charge in [-0.3, -0.25) is 9.98 Å². The quantitative estimate of drug-likeness (QED) is 0.222. The maximum atomic E-state index is 5.79. The lowest BCUT2D eigenvalue weighted by atomic mass is 10.2. The molecule has 0 unspecified atom stereocenters. The summed E-state index contributed by atoms with van der Waals surface area (Å²) in [6, 6.07) is 34.9. The highest BCUT2D eigenvalue weighted by Gasteiger charge is 2.24. The van der Waals surface area contributed by atoms with Crippen molar-refractivity contribution in [1.82, 2.24) is 4.98 Å². The Kier molecular flexibility index (Phi) is 6.83. The van der Waals surface area contributed by atoms with Crippen LogP contribution < -0.4 is 25.4 Å². The third kappa shape index (κ3) is 4.66. The van der Waals surface area contributed by atoms with Gasteiger partial charge in [-0.2, -0.15) is 0 Å². The number of hydrogen-bond acceptors (Lipinski definition) is 4. The summed E-state index contributed by atoms with van der Waals surface area (Å²) in [7, 11) is 2.44. The fourth-order valence-electron chi connectivity index (χ4n) is 4.15. The van der Waals surface area contributed by atoms with Gasteiger partial charge in [-0.05, 0) is 37.5 Å². The number of ether oxygens (including phenoxy) is 2. The Labute approximate surface area is 206 Å².